The number of amides is 1. The molecular weight excluding hydrogens is 246 g/mol. The summed E-state index contributed by atoms with van der Waals surface area (Å²) in [6.07, 6.45) is 4.65. The van der Waals surface area contributed by atoms with E-state index < -0.39 is 23.7 Å². The van der Waals surface area contributed by atoms with E-state index in [9.17, 15) is 9.59 Å². The quantitative estimate of drug-likeness (QED) is 0.571. The van der Waals surface area contributed by atoms with Crippen LogP contribution in [-0.2, 0) is 14.3 Å². The second-order valence-electron chi connectivity index (χ2n) is 5.60. The molecule has 0 saturated carbocycles. The summed E-state index contributed by atoms with van der Waals surface area (Å²) < 4.78 is 10.1. The summed E-state index contributed by atoms with van der Waals surface area (Å²) in [7, 11) is 1.33. The molecule has 0 bridgehead atoms. The predicted molar refractivity (Wildman–Crippen MR) is 71.7 cm³/mol. The molecule has 1 aliphatic heterocycles. The Morgan fingerprint density at radius 1 is 1.26 bits per heavy atom. The van der Waals surface area contributed by atoms with Gasteiger partial charge in [0.05, 0.1) is 13.2 Å². The van der Waals surface area contributed by atoms with E-state index >= 15 is 0 Å². The van der Waals surface area contributed by atoms with E-state index in [0.717, 1.165) is 6.42 Å². The first-order chi connectivity index (χ1) is 8.80. The molecule has 1 fully saturated rings. The number of hydrogen-bond donors (Lipinski definition) is 0. The van der Waals surface area contributed by atoms with E-state index in [1.807, 2.05) is 19.1 Å². The van der Waals surface area contributed by atoms with Crippen molar-refractivity contribution < 1.29 is 19.1 Å². The third-order valence-electron chi connectivity index (χ3n) is 2.92. The zero-order valence-electron chi connectivity index (χ0n) is 12.3. The Morgan fingerprint density at radius 2 is 1.89 bits per heavy atom. The summed E-state index contributed by atoms with van der Waals surface area (Å²) in [6, 6.07) is -0.662. The molecule has 0 aromatic heterocycles. The van der Waals surface area contributed by atoms with Gasteiger partial charge in [0.15, 0.2) is 0 Å². The highest BCUT2D eigenvalue weighted by molar-refractivity contribution is 5.82. The van der Waals surface area contributed by atoms with E-state index in [-0.39, 0.29) is 6.04 Å². The number of ether oxygens (including phenoxy) is 2. The lowest BCUT2D eigenvalue weighted by molar-refractivity contribution is -0.146. The minimum absolute atomic E-state index is 0.107. The van der Waals surface area contributed by atoms with Crippen LogP contribution in [0.1, 0.15) is 40.5 Å². The first kappa shape index (κ1) is 15.5. The Bertz CT molecular complexity index is 370. The first-order valence-electron chi connectivity index (χ1n) is 6.52. The molecule has 1 rings (SSSR count). The van der Waals surface area contributed by atoms with E-state index in [1.165, 1.54) is 12.0 Å². The Labute approximate surface area is 114 Å². The van der Waals surface area contributed by atoms with Crippen LogP contribution in [0.25, 0.3) is 0 Å². The van der Waals surface area contributed by atoms with Crippen LogP contribution in [-0.4, -0.2) is 41.8 Å². The third kappa shape index (κ3) is 3.98. The monoisotopic (exact) mass is 269 g/mol. The number of methoxy groups -OCH3 is 1. The predicted octanol–water partition coefficient (Wildman–Crippen LogP) is 2.50. The molecule has 0 aromatic rings. The van der Waals surface area contributed by atoms with Crippen LogP contribution in [0.3, 0.4) is 0 Å². The second-order valence-corrected chi connectivity index (χ2v) is 5.60. The second kappa shape index (κ2) is 6.08. The molecule has 0 spiro atoms. The average molecular weight is 269 g/mol. The van der Waals surface area contributed by atoms with E-state index in [4.69, 9.17) is 9.47 Å². The third-order valence-corrected chi connectivity index (χ3v) is 2.92. The lowest BCUT2D eigenvalue weighted by Gasteiger charge is -2.30. The molecule has 5 nitrogen and oxygen atoms in total. The van der Waals surface area contributed by atoms with Gasteiger partial charge < -0.3 is 9.47 Å². The summed E-state index contributed by atoms with van der Waals surface area (Å²) in [4.78, 5) is 25.5. The highest BCUT2D eigenvalue weighted by atomic mass is 16.6. The number of carbonyl (C=O) groups is 2. The molecule has 5 heteroatoms. The Hall–Kier alpha value is -1.52. The fourth-order valence-corrected chi connectivity index (χ4v) is 2.19. The van der Waals surface area contributed by atoms with Gasteiger partial charge in [0.2, 0.25) is 0 Å². The molecule has 0 unspecified atom stereocenters. The maximum Gasteiger partial charge on any atom is 0.411 e. The van der Waals surface area contributed by atoms with Crippen molar-refractivity contribution in [1.82, 2.24) is 4.90 Å². The molecule has 1 amide bonds. The van der Waals surface area contributed by atoms with Crippen LogP contribution in [0.5, 0.6) is 0 Å². The summed E-state index contributed by atoms with van der Waals surface area (Å²) in [5.74, 6) is -0.391. The van der Waals surface area contributed by atoms with Gasteiger partial charge in [0.1, 0.15) is 11.6 Å². The molecule has 19 heavy (non-hydrogen) atoms. The molecule has 0 aliphatic carbocycles. The van der Waals surface area contributed by atoms with Gasteiger partial charge >= 0.3 is 12.1 Å². The summed E-state index contributed by atoms with van der Waals surface area (Å²) in [5, 5.41) is 0. The van der Waals surface area contributed by atoms with Crippen LogP contribution in [0.15, 0.2) is 12.2 Å². The summed E-state index contributed by atoms with van der Waals surface area (Å²) >= 11 is 0. The van der Waals surface area contributed by atoms with Crippen molar-refractivity contribution in [3.63, 3.8) is 0 Å². The van der Waals surface area contributed by atoms with Crippen molar-refractivity contribution in [3.05, 3.63) is 12.2 Å². The first-order valence-corrected chi connectivity index (χ1v) is 6.52. The van der Waals surface area contributed by atoms with Crippen LogP contribution < -0.4 is 0 Å². The van der Waals surface area contributed by atoms with Crippen LogP contribution >= 0.6 is 0 Å². The number of likely N-dealkylation sites (tertiary alicyclic amines) is 1. The highest BCUT2D eigenvalue weighted by Crippen LogP contribution is 2.28. The van der Waals surface area contributed by atoms with E-state index in [1.54, 1.807) is 20.8 Å². The molecule has 0 aromatic carbocycles. The molecule has 1 saturated heterocycles. The summed E-state index contributed by atoms with van der Waals surface area (Å²) in [5.41, 5.74) is -0.583. The molecule has 1 heterocycles. The number of esters is 1. The smallest absolute Gasteiger partial charge is 0.411 e. The van der Waals surface area contributed by atoms with Crippen LogP contribution in [0.4, 0.5) is 4.79 Å². The van der Waals surface area contributed by atoms with Crippen LogP contribution in [0.2, 0.25) is 0 Å². The van der Waals surface area contributed by atoms with Crippen molar-refractivity contribution in [2.45, 2.75) is 58.2 Å². The minimum atomic E-state index is -0.583. The van der Waals surface area contributed by atoms with Gasteiger partial charge in [-0.15, -0.1) is 0 Å². The van der Waals surface area contributed by atoms with Gasteiger partial charge in [0, 0.05) is 0 Å². The molecule has 1 aliphatic rings. The zero-order valence-corrected chi connectivity index (χ0v) is 12.3. The molecule has 0 radical (unpaired) electrons. The number of hydrogen-bond acceptors (Lipinski definition) is 4. The van der Waals surface area contributed by atoms with Crippen molar-refractivity contribution in [2.24, 2.45) is 0 Å². The van der Waals surface area contributed by atoms with Crippen molar-refractivity contribution in [2.75, 3.05) is 7.11 Å². The SMILES string of the molecule is C/C=C\[C@@H]1CC[C@@H](C(=O)OC)N1C(=O)OC(C)(C)C. The van der Waals surface area contributed by atoms with Gasteiger partial charge in [-0.25, -0.2) is 9.59 Å². The van der Waals surface area contributed by atoms with Crippen molar-refractivity contribution in [3.8, 4) is 0 Å². The summed E-state index contributed by atoms with van der Waals surface area (Å²) in [6.45, 7) is 7.30. The Morgan fingerprint density at radius 3 is 2.37 bits per heavy atom. The number of allylic oxidation sites excluding steroid dienone is 1. The molecule has 0 N–H and O–H groups in total. The Balaban J connectivity index is 2.92. The van der Waals surface area contributed by atoms with Gasteiger partial charge in [-0.1, -0.05) is 12.2 Å². The molecule has 2 atom stereocenters. The number of nitrogens with zero attached hydrogens (tertiary/aromatic N) is 1. The maximum absolute atomic E-state index is 12.2. The van der Waals surface area contributed by atoms with Gasteiger partial charge in [-0.2, -0.15) is 0 Å². The number of carbonyl (C=O) groups excluding carboxylic acids is 2. The molecule has 108 valence electrons. The van der Waals surface area contributed by atoms with Gasteiger partial charge in [0.25, 0.3) is 0 Å². The lowest BCUT2D eigenvalue weighted by atomic mass is 10.2. The average Bonchev–Trinajstić information content (AvgIpc) is 2.70. The fourth-order valence-electron chi connectivity index (χ4n) is 2.19. The number of rotatable bonds is 2. The zero-order chi connectivity index (χ0) is 14.6. The minimum Gasteiger partial charge on any atom is -0.467 e. The maximum atomic E-state index is 12.2. The largest absolute Gasteiger partial charge is 0.467 e. The highest BCUT2D eigenvalue weighted by Gasteiger charge is 2.42. The Kier molecular flexibility index (Phi) is 4.97. The lowest BCUT2D eigenvalue weighted by Crippen LogP contribution is -2.47. The topological polar surface area (TPSA) is 55.8 Å². The fraction of sp³-hybridized carbons (Fsp3) is 0.714. The van der Waals surface area contributed by atoms with Crippen molar-refractivity contribution >= 4 is 12.1 Å². The van der Waals surface area contributed by atoms with Gasteiger partial charge in [-0.05, 0) is 40.5 Å². The van der Waals surface area contributed by atoms with E-state index in [2.05, 4.69) is 0 Å². The van der Waals surface area contributed by atoms with E-state index in [0.29, 0.717) is 6.42 Å². The standard InChI is InChI=1S/C14H23NO4/c1-6-7-10-8-9-11(12(16)18-5)15(10)13(17)19-14(2,3)4/h6-7,10-11H,8-9H2,1-5H3/b7-6-/t10-,11+/m1/s1. The normalized spacial score (nSPS) is 23.7. The van der Waals surface area contributed by atoms with Crippen molar-refractivity contribution in [1.29, 1.82) is 0 Å². The van der Waals surface area contributed by atoms with Crippen LogP contribution in [0, 0.1) is 0 Å². The molecular formula is C14H23NO4. The van der Waals surface area contributed by atoms with Gasteiger partial charge in [-0.3, -0.25) is 4.90 Å².